The molecule has 44 heavy (non-hydrogen) atoms. The molecule has 1 amide bonds. The number of halogens is 1. The van der Waals surface area contributed by atoms with Crippen LogP contribution < -0.4 is 15.5 Å². The molecule has 1 aliphatic carbocycles. The van der Waals surface area contributed by atoms with E-state index in [-0.39, 0.29) is 11.9 Å². The zero-order valence-corrected chi connectivity index (χ0v) is 25.2. The van der Waals surface area contributed by atoms with Crippen molar-refractivity contribution in [2.45, 2.75) is 75.9 Å². The van der Waals surface area contributed by atoms with Crippen LogP contribution in [0.4, 0.5) is 21.6 Å². The Bertz CT molecular complexity index is 1720. The minimum absolute atomic E-state index is 0.222. The fourth-order valence-corrected chi connectivity index (χ4v) is 7.98. The number of hydrogen-bond acceptors (Lipinski definition) is 7. The summed E-state index contributed by atoms with van der Waals surface area (Å²) < 4.78 is 16.7. The molecule has 0 unspecified atom stereocenters. The van der Waals surface area contributed by atoms with Gasteiger partial charge in [-0.2, -0.15) is 0 Å². The highest BCUT2D eigenvalue weighted by Crippen LogP contribution is 2.51. The molecule has 2 N–H and O–H groups in total. The normalized spacial score (nSPS) is 23.2. The predicted molar refractivity (Wildman–Crippen MR) is 170 cm³/mol. The minimum Gasteiger partial charge on any atom is -0.336 e. The topological polar surface area (TPSA) is 91.2 Å². The molecule has 10 heteroatoms. The van der Waals surface area contributed by atoms with E-state index in [0.717, 1.165) is 72.3 Å². The number of nitrogens with one attached hydrogen (secondary N) is 2. The molecule has 4 aliphatic rings. The van der Waals surface area contributed by atoms with Gasteiger partial charge in [0.05, 0.1) is 34.8 Å². The molecule has 2 saturated heterocycles. The largest absolute Gasteiger partial charge is 0.336 e. The molecule has 3 aromatic heterocycles. The van der Waals surface area contributed by atoms with Gasteiger partial charge in [-0.05, 0) is 95.4 Å². The van der Waals surface area contributed by atoms with Gasteiger partial charge in [0, 0.05) is 36.1 Å². The van der Waals surface area contributed by atoms with E-state index in [1.807, 2.05) is 17.6 Å². The monoisotopic (exact) mass is 594 g/mol. The van der Waals surface area contributed by atoms with E-state index < -0.39 is 11.2 Å². The number of hydrogen-bond donors (Lipinski definition) is 2. The van der Waals surface area contributed by atoms with Crippen LogP contribution in [0.5, 0.6) is 0 Å². The first kappa shape index (κ1) is 27.6. The maximum absolute atomic E-state index is 14.7. The van der Waals surface area contributed by atoms with Crippen molar-refractivity contribution >= 4 is 34.1 Å². The zero-order valence-electron chi connectivity index (χ0n) is 25.2. The first-order chi connectivity index (χ1) is 21.6. The second-order valence-electron chi connectivity index (χ2n) is 12.8. The van der Waals surface area contributed by atoms with Crippen molar-refractivity contribution in [1.29, 1.82) is 0 Å². The van der Waals surface area contributed by atoms with E-state index in [0.29, 0.717) is 24.1 Å². The summed E-state index contributed by atoms with van der Waals surface area (Å²) in [5, 5.41) is 6.68. The lowest BCUT2D eigenvalue weighted by Crippen LogP contribution is -2.58. The van der Waals surface area contributed by atoms with Crippen LogP contribution in [-0.4, -0.2) is 68.6 Å². The summed E-state index contributed by atoms with van der Waals surface area (Å²) in [5.41, 5.74) is 5.29. The van der Waals surface area contributed by atoms with Crippen molar-refractivity contribution in [3.63, 3.8) is 0 Å². The second kappa shape index (κ2) is 10.9. The summed E-state index contributed by atoms with van der Waals surface area (Å²) in [7, 11) is 0. The van der Waals surface area contributed by atoms with E-state index in [9.17, 15) is 9.18 Å². The van der Waals surface area contributed by atoms with Crippen LogP contribution in [0.15, 0.2) is 49.1 Å². The lowest BCUT2D eigenvalue weighted by atomic mass is 9.74. The molecule has 8 rings (SSSR count). The maximum Gasteiger partial charge on any atom is 0.238 e. The molecule has 6 heterocycles. The number of nitrogens with zero attached hydrogens (tertiary/aromatic N) is 6. The third-order valence-corrected chi connectivity index (χ3v) is 10.5. The van der Waals surface area contributed by atoms with Gasteiger partial charge in [-0.3, -0.25) is 9.78 Å². The highest BCUT2D eigenvalue weighted by atomic mass is 19.1. The molecule has 4 aromatic rings. The van der Waals surface area contributed by atoms with Crippen LogP contribution in [0, 0.1) is 5.82 Å². The predicted octanol–water partition coefficient (Wildman–Crippen LogP) is 5.38. The standard InChI is InChI=1S/C34H39FN8O/c1-2-41-21-38-29-19-28(40-32(31(29)41)39-27-8-11-37-20-26(27)35)22-6-7-25-30(16-22)43(33(44)34(25)9-12-36-13-10-34)24-17-23(18-24)42-14-4-3-5-15-42/h6-8,11,16,19-21,23-24,36H,2-5,9-10,12-15,17-18H2,1H3,(H,37,39,40). The number of amides is 1. The number of imidazole rings is 1. The molecule has 0 radical (unpaired) electrons. The molecule has 1 spiro atoms. The van der Waals surface area contributed by atoms with Gasteiger partial charge < -0.3 is 25.0 Å². The number of benzene rings is 1. The second-order valence-corrected chi connectivity index (χ2v) is 12.8. The van der Waals surface area contributed by atoms with Crippen LogP contribution in [-0.2, 0) is 16.8 Å². The van der Waals surface area contributed by atoms with Crippen molar-refractivity contribution in [2.75, 3.05) is 36.4 Å². The number of likely N-dealkylation sites (tertiary alicyclic amines) is 1. The van der Waals surface area contributed by atoms with E-state index in [4.69, 9.17) is 4.98 Å². The summed E-state index contributed by atoms with van der Waals surface area (Å²) >= 11 is 0. The number of aryl methyl sites for hydroxylation is 1. The van der Waals surface area contributed by atoms with E-state index in [1.54, 1.807) is 18.6 Å². The highest BCUT2D eigenvalue weighted by molar-refractivity contribution is 6.09. The molecular weight excluding hydrogens is 555 g/mol. The Kier molecular flexibility index (Phi) is 6.86. The molecule has 0 bridgehead atoms. The Morgan fingerprint density at radius 2 is 1.89 bits per heavy atom. The molecule has 3 fully saturated rings. The number of carbonyl (C=O) groups excluding carboxylic acids is 1. The lowest BCUT2D eigenvalue weighted by Gasteiger charge is -2.48. The van der Waals surface area contributed by atoms with E-state index >= 15 is 0 Å². The summed E-state index contributed by atoms with van der Waals surface area (Å²) in [4.78, 5) is 32.8. The van der Waals surface area contributed by atoms with Gasteiger partial charge in [-0.15, -0.1) is 0 Å². The Hall–Kier alpha value is -3.89. The SMILES string of the molecule is CCn1cnc2cc(-c3ccc4c(c3)N(C3CC(N5CCCCC5)C3)C(=O)C43CCNCC3)nc(Nc3ccncc3F)c21. The Morgan fingerprint density at radius 3 is 2.66 bits per heavy atom. The Balaban J connectivity index is 1.19. The van der Waals surface area contributed by atoms with Crippen molar-refractivity contribution in [1.82, 2.24) is 29.7 Å². The average Bonchev–Trinajstić information content (AvgIpc) is 3.56. The third kappa shape index (κ3) is 4.41. The van der Waals surface area contributed by atoms with Crippen molar-refractivity contribution in [2.24, 2.45) is 0 Å². The number of fused-ring (bicyclic) bond motifs is 3. The first-order valence-electron chi connectivity index (χ1n) is 16.2. The third-order valence-electron chi connectivity index (χ3n) is 10.5. The first-order valence-corrected chi connectivity index (χ1v) is 16.2. The average molecular weight is 595 g/mol. The van der Waals surface area contributed by atoms with Gasteiger partial charge in [-0.25, -0.2) is 14.4 Å². The summed E-state index contributed by atoms with van der Waals surface area (Å²) in [6.45, 7) is 6.82. The number of carbonyl (C=O) groups is 1. The Labute approximate surface area is 256 Å². The van der Waals surface area contributed by atoms with Crippen LogP contribution in [0.3, 0.4) is 0 Å². The van der Waals surface area contributed by atoms with Crippen LogP contribution in [0.1, 0.15) is 57.4 Å². The van der Waals surface area contributed by atoms with Gasteiger partial charge in [0.2, 0.25) is 5.91 Å². The molecule has 228 valence electrons. The quantitative estimate of drug-likeness (QED) is 0.310. The summed E-state index contributed by atoms with van der Waals surface area (Å²) in [5.74, 6) is 0.361. The van der Waals surface area contributed by atoms with Gasteiger partial charge in [0.1, 0.15) is 5.52 Å². The fourth-order valence-electron chi connectivity index (χ4n) is 7.98. The highest BCUT2D eigenvalue weighted by Gasteiger charge is 2.54. The molecule has 0 atom stereocenters. The number of pyridine rings is 2. The molecular formula is C34H39FN8O. The summed E-state index contributed by atoms with van der Waals surface area (Å²) in [6, 6.07) is 10.8. The number of rotatable bonds is 6. The van der Waals surface area contributed by atoms with Crippen molar-refractivity contribution in [3.8, 4) is 11.3 Å². The lowest BCUT2D eigenvalue weighted by molar-refractivity contribution is -0.125. The van der Waals surface area contributed by atoms with Crippen LogP contribution in [0.25, 0.3) is 22.3 Å². The molecule has 1 saturated carbocycles. The van der Waals surface area contributed by atoms with Gasteiger partial charge >= 0.3 is 0 Å². The molecule has 1 aromatic carbocycles. The fraction of sp³-hybridized carbons (Fsp3) is 0.471. The zero-order chi connectivity index (χ0) is 29.8. The smallest absolute Gasteiger partial charge is 0.238 e. The van der Waals surface area contributed by atoms with Crippen LogP contribution >= 0.6 is 0 Å². The van der Waals surface area contributed by atoms with Gasteiger partial charge in [0.15, 0.2) is 11.6 Å². The van der Waals surface area contributed by atoms with E-state index in [2.05, 4.69) is 48.6 Å². The van der Waals surface area contributed by atoms with Crippen molar-refractivity contribution in [3.05, 3.63) is 60.4 Å². The number of aromatic nitrogens is 4. The minimum atomic E-state index is -0.460. The van der Waals surface area contributed by atoms with Crippen molar-refractivity contribution < 1.29 is 9.18 Å². The van der Waals surface area contributed by atoms with Gasteiger partial charge in [0.25, 0.3) is 0 Å². The van der Waals surface area contributed by atoms with E-state index in [1.165, 1.54) is 38.5 Å². The molecule has 3 aliphatic heterocycles. The molecule has 9 nitrogen and oxygen atoms in total. The van der Waals surface area contributed by atoms with Gasteiger partial charge in [-0.1, -0.05) is 18.6 Å². The maximum atomic E-state index is 14.7. The number of anilines is 3. The number of piperidine rings is 2. The Morgan fingerprint density at radius 1 is 1.07 bits per heavy atom. The van der Waals surface area contributed by atoms with Crippen LogP contribution in [0.2, 0.25) is 0 Å². The summed E-state index contributed by atoms with van der Waals surface area (Å²) in [6.07, 6.45) is 12.2.